The monoisotopic (exact) mass is 479 g/mol. The van der Waals surface area contributed by atoms with E-state index < -0.39 is 10.0 Å². The van der Waals surface area contributed by atoms with E-state index in [9.17, 15) is 13.5 Å². The maximum absolute atomic E-state index is 12.5. The number of fused-ring (bicyclic) bond motifs is 2. The quantitative estimate of drug-likeness (QED) is 0.404. The highest BCUT2D eigenvalue weighted by Crippen LogP contribution is 2.47. The van der Waals surface area contributed by atoms with Gasteiger partial charge in [-0.15, -0.1) is 5.92 Å². The van der Waals surface area contributed by atoms with Gasteiger partial charge in [-0.05, 0) is 36.8 Å². The standard InChI is InChI=1S/C25H25N3O5S/c1-5-6-14-28-15-20-21(25(28)29)24(33-16-17-9-11-18(32-3)12-10-17)22-19(8-7-13-26-22)23(20)27(2)34(4,30)31/h7-13,15,29H,14,16H2,1-4H3. The third-order valence-electron chi connectivity index (χ3n) is 5.59. The molecule has 2 aromatic carbocycles. The molecular formula is C25H25N3O5S. The summed E-state index contributed by atoms with van der Waals surface area (Å²) in [6.07, 6.45) is 4.43. The molecule has 0 bridgehead atoms. The van der Waals surface area contributed by atoms with Crippen LogP contribution in [-0.4, -0.2) is 43.5 Å². The van der Waals surface area contributed by atoms with E-state index in [0.717, 1.165) is 17.6 Å². The van der Waals surface area contributed by atoms with Crippen LogP contribution >= 0.6 is 0 Å². The van der Waals surface area contributed by atoms with Gasteiger partial charge in [0.05, 0.1) is 31.0 Å². The summed E-state index contributed by atoms with van der Waals surface area (Å²) in [6, 6.07) is 11.0. The Morgan fingerprint density at radius 2 is 1.91 bits per heavy atom. The Bertz CT molecular complexity index is 1530. The highest BCUT2D eigenvalue weighted by atomic mass is 32.2. The molecule has 0 aliphatic carbocycles. The molecule has 0 radical (unpaired) electrons. The molecule has 176 valence electrons. The van der Waals surface area contributed by atoms with Crippen LogP contribution in [0.5, 0.6) is 17.4 Å². The zero-order chi connectivity index (χ0) is 24.5. The van der Waals surface area contributed by atoms with Gasteiger partial charge < -0.3 is 19.1 Å². The lowest BCUT2D eigenvalue weighted by atomic mass is 10.1. The fourth-order valence-corrected chi connectivity index (χ4v) is 4.33. The van der Waals surface area contributed by atoms with Gasteiger partial charge in [-0.2, -0.15) is 0 Å². The van der Waals surface area contributed by atoms with Crippen molar-refractivity contribution >= 4 is 37.4 Å². The van der Waals surface area contributed by atoms with E-state index in [1.807, 2.05) is 24.3 Å². The second-order valence-electron chi connectivity index (χ2n) is 7.74. The van der Waals surface area contributed by atoms with Crippen LogP contribution in [0.3, 0.4) is 0 Å². The number of nitrogens with zero attached hydrogens (tertiary/aromatic N) is 3. The van der Waals surface area contributed by atoms with Gasteiger partial charge in [0.1, 0.15) is 17.9 Å². The Labute approximate surface area is 198 Å². The lowest BCUT2D eigenvalue weighted by molar-refractivity contribution is 0.311. The van der Waals surface area contributed by atoms with Crippen molar-refractivity contribution in [3.63, 3.8) is 0 Å². The van der Waals surface area contributed by atoms with E-state index in [1.54, 1.807) is 43.1 Å². The first-order chi connectivity index (χ1) is 16.3. The number of benzene rings is 2. The number of hydrogen-bond acceptors (Lipinski definition) is 6. The van der Waals surface area contributed by atoms with E-state index in [2.05, 4.69) is 16.8 Å². The van der Waals surface area contributed by atoms with Crippen molar-refractivity contribution < 1.29 is 23.0 Å². The Hall–Kier alpha value is -3.90. The van der Waals surface area contributed by atoms with Gasteiger partial charge in [0.25, 0.3) is 0 Å². The average Bonchev–Trinajstić information content (AvgIpc) is 3.15. The number of methoxy groups -OCH3 is 1. The minimum Gasteiger partial charge on any atom is -0.497 e. The fraction of sp³-hybridized carbons (Fsp3) is 0.240. The van der Waals surface area contributed by atoms with Crippen molar-refractivity contribution in [3.8, 4) is 29.2 Å². The van der Waals surface area contributed by atoms with E-state index in [1.165, 1.54) is 11.4 Å². The molecule has 9 heteroatoms. The van der Waals surface area contributed by atoms with Crippen LogP contribution < -0.4 is 13.8 Å². The van der Waals surface area contributed by atoms with Crippen LogP contribution in [0.4, 0.5) is 5.69 Å². The van der Waals surface area contributed by atoms with Crippen molar-refractivity contribution in [3.05, 3.63) is 54.4 Å². The van der Waals surface area contributed by atoms with Crippen molar-refractivity contribution in [2.45, 2.75) is 20.1 Å². The normalized spacial score (nSPS) is 11.3. The molecule has 8 nitrogen and oxygen atoms in total. The van der Waals surface area contributed by atoms with Crippen molar-refractivity contribution in [2.75, 3.05) is 24.7 Å². The molecule has 0 aliphatic heterocycles. The summed E-state index contributed by atoms with van der Waals surface area (Å²) in [5, 5.41) is 12.6. The van der Waals surface area contributed by atoms with Gasteiger partial charge in [0.2, 0.25) is 15.9 Å². The Kier molecular flexibility index (Phi) is 6.26. The number of anilines is 1. The van der Waals surface area contributed by atoms with Crippen LogP contribution in [0.2, 0.25) is 0 Å². The fourth-order valence-electron chi connectivity index (χ4n) is 3.80. The Balaban J connectivity index is 1.97. The molecule has 4 rings (SSSR count). The Morgan fingerprint density at radius 1 is 1.18 bits per heavy atom. The van der Waals surface area contributed by atoms with Crippen LogP contribution in [-0.2, 0) is 23.2 Å². The van der Waals surface area contributed by atoms with E-state index in [0.29, 0.717) is 33.1 Å². The number of ether oxygens (including phenoxy) is 2. The summed E-state index contributed by atoms with van der Waals surface area (Å²) in [5.74, 6) is 6.77. The summed E-state index contributed by atoms with van der Waals surface area (Å²) in [6.45, 7) is 2.16. The first kappa shape index (κ1) is 23.3. The van der Waals surface area contributed by atoms with E-state index in [4.69, 9.17) is 9.47 Å². The lowest BCUT2D eigenvalue weighted by Crippen LogP contribution is -2.25. The zero-order valence-electron chi connectivity index (χ0n) is 19.4. The molecule has 1 N–H and O–H groups in total. The molecule has 34 heavy (non-hydrogen) atoms. The number of aromatic hydroxyl groups is 1. The molecule has 0 amide bonds. The largest absolute Gasteiger partial charge is 0.497 e. The number of rotatable bonds is 7. The summed E-state index contributed by atoms with van der Waals surface area (Å²) in [5.41, 5.74) is 1.76. The molecule has 0 saturated heterocycles. The first-order valence-corrected chi connectivity index (χ1v) is 12.3. The van der Waals surface area contributed by atoms with Gasteiger partial charge >= 0.3 is 0 Å². The molecular weight excluding hydrogens is 454 g/mol. The molecule has 0 spiro atoms. The maximum Gasteiger partial charge on any atom is 0.232 e. The number of hydrogen-bond donors (Lipinski definition) is 1. The van der Waals surface area contributed by atoms with Crippen LogP contribution in [0.1, 0.15) is 12.5 Å². The molecule has 0 atom stereocenters. The number of sulfonamides is 1. The van der Waals surface area contributed by atoms with Crippen molar-refractivity contribution in [2.24, 2.45) is 0 Å². The lowest BCUT2D eigenvalue weighted by Gasteiger charge is -2.21. The van der Waals surface area contributed by atoms with Crippen LogP contribution in [0.25, 0.3) is 21.7 Å². The third-order valence-corrected chi connectivity index (χ3v) is 6.77. The van der Waals surface area contributed by atoms with Gasteiger partial charge in [0.15, 0.2) is 5.75 Å². The number of pyridine rings is 1. The van der Waals surface area contributed by atoms with Gasteiger partial charge in [-0.25, -0.2) is 8.42 Å². The van der Waals surface area contributed by atoms with Crippen molar-refractivity contribution in [1.82, 2.24) is 9.55 Å². The molecule has 0 fully saturated rings. The van der Waals surface area contributed by atoms with Crippen molar-refractivity contribution in [1.29, 1.82) is 0 Å². The van der Waals surface area contributed by atoms with E-state index >= 15 is 0 Å². The molecule has 2 heterocycles. The first-order valence-electron chi connectivity index (χ1n) is 10.5. The third kappa shape index (κ3) is 4.20. The molecule has 0 saturated carbocycles. The van der Waals surface area contributed by atoms with Gasteiger partial charge in [-0.3, -0.25) is 9.29 Å². The predicted octanol–water partition coefficient (Wildman–Crippen LogP) is 3.90. The highest BCUT2D eigenvalue weighted by Gasteiger charge is 2.26. The summed E-state index contributed by atoms with van der Waals surface area (Å²) < 4.78 is 39.2. The van der Waals surface area contributed by atoms with Gasteiger partial charge in [-0.1, -0.05) is 18.1 Å². The molecule has 4 aromatic rings. The topological polar surface area (TPSA) is 93.9 Å². The summed E-state index contributed by atoms with van der Waals surface area (Å²) in [7, 11) is -0.517. The highest BCUT2D eigenvalue weighted by molar-refractivity contribution is 7.92. The molecule has 0 unspecified atom stereocenters. The summed E-state index contributed by atoms with van der Waals surface area (Å²) in [4.78, 5) is 4.49. The average molecular weight is 480 g/mol. The smallest absolute Gasteiger partial charge is 0.232 e. The second kappa shape index (κ2) is 9.15. The van der Waals surface area contributed by atoms with Crippen LogP contribution in [0.15, 0.2) is 48.8 Å². The van der Waals surface area contributed by atoms with Crippen LogP contribution in [0, 0.1) is 11.8 Å². The minimum atomic E-state index is -3.60. The maximum atomic E-state index is 12.5. The zero-order valence-corrected chi connectivity index (χ0v) is 20.2. The second-order valence-corrected chi connectivity index (χ2v) is 9.75. The minimum absolute atomic E-state index is 0.0711. The summed E-state index contributed by atoms with van der Waals surface area (Å²) >= 11 is 0. The SMILES string of the molecule is CC#CCn1cc2c(N(C)S(C)(=O)=O)c3cccnc3c(OCc3ccc(OC)cc3)c2c1O. The molecule has 2 aromatic heterocycles. The van der Waals surface area contributed by atoms with Gasteiger partial charge in [0, 0.05) is 30.2 Å². The molecule has 0 aliphatic rings. The Morgan fingerprint density at radius 3 is 2.56 bits per heavy atom. The van der Waals surface area contributed by atoms with E-state index in [-0.39, 0.29) is 19.0 Å². The number of aromatic nitrogens is 2. The predicted molar refractivity (Wildman–Crippen MR) is 133 cm³/mol.